The first-order valence-electron chi connectivity index (χ1n) is 6.66. The number of thiophene rings is 1. The molecule has 3 rings (SSSR count). The van der Waals surface area contributed by atoms with Crippen LogP contribution in [0.5, 0.6) is 0 Å². The number of furan rings is 1. The van der Waals surface area contributed by atoms with Crippen molar-refractivity contribution in [3.8, 4) is 0 Å². The summed E-state index contributed by atoms with van der Waals surface area (Å²) < 4.78 is 6.21. The topological polar surface area (TPSA) is 106 Å². The monoisotopic (exact) mass is 332 g/mol. The first kappa shape index (κ1) is 15.0. The summed E-state index contributed by atoms with van der Waals surface area (Å²) in [6.07, 6.45) is 2.78. The van der Waals surface area contributed by atoms with Gasteiger partial charge in [0.2, 0.25) is 5.91 Å². The Morgan fingerprint density at radius 2 is 2.22 bits per heavy atom. The molecule has 0 saturated carbocycles. The van der Waals surface area contributed by atoms with Crippen LogP contribution in [0.15, 0.2) is 45.4 Å². The zero-order chi connectivity index (χ0) is 16.2. The maximum Gasteiger partial charge on any atom is 0.321 e. The van der Waals surface area contributed by atoms with Gasteiger partial charge in [-0.3, -0.25) is 19.5 Å². The second kappa shape index (κ2) is 6.44. The van der Waals surface area contributed by atoms with Gasteiger partial charge in [0.25, 0.3) is 5.56 Å². The van der Waals surface area contributed by atoms with E-state index in [1.165, 1.54) is 23.9 Å². The van der Waals surface area contributed by atoms with Crippen molar-refractivity contribution in [1.82, 2.24) is 20.2 Å². The molecule has 0 aromatic carbocycles. The van der Waals surface area contributed by atoms with Crippen LogP contribution in [0.2, 0.25) is 0 Å². The number of rotatable bonds is 4. The third kappa shape index (κ3) is 3.46. The molecule has 0 spiro atoms. The van der Waals surface area contributed by atoms with Crippen LogP contribution in [0.1, 0.15) is 5.76 Å². The minimum absolute atomic E-state index is 0.161. The summed E-state index contributed by atoms with van der Waals surface area (Å²) in [4.78, 5) is 40.3. The van der Waals surface area contributed by atoms with Gasteiger partial charge in [-0.05, 0) is 23.6 Å². The molecule has 3 aromatic rings. The van der Waals surface area contributed by atoms with Crippen LogP contribution in [0.25, 0.3) is 10.2 Å². The first-order chi connectivity index (χ1) is 11.1. The lowest BCUT2D eigenvalue weighted by molar-refractivity contribution is -0.120. The second-order valence-electron chi connectivity index (χ2n) is 4.63. The van der Waals surface area contributed by atoms with Gasteiger partial charge in [0.05, 0.1) is 24.5 Å². The van der Waals surface area contributed by atoms with E-state index in [-0.39, 0.29) is 18.6 Å². The quantitative estimate of drug-likeness (QED) is 0.743. The molecule has 2 N–H and O–H groups in total. The Hall–Kier alpha value is -2.94. The number of amides is 3. The van der Waals surface area contributed by atoms with E-state index in [1.807, 2.05) is 0 Å². The number of imide groups is 1. The standard InChI is InChI=1S/C14H12N4O4S/c19-11(17-14(21)15-6-9-2-1-4-22-9)7-18-8-16-12-10(13(18)20)3-5-23-12/h1-5,8H,6-7H2,(H2,15,17,19,21). The predicted octanol–water partition coefficient (Wildman–Crippen LogP) is 1.08. The molecule has 0 radical (unpaired) electrons. The zero-order valence-electron chi connectivity index (χ0n) is 11.8. The van der Waals surface area contributed by atoms with Crippen molar-refractivity contribution >= 4 is 33.5 Å². The van der Waals surface area contributed by atoms with Crippen molar-refractivity contribution in [3.05, 3.63) is 52.3 Å². The number of carbonyl (C=O) groups excluding carboxylic acids is 2. The van der Waals surface area contributed by atoms with Crippen LogP contribution in [-0.2, 0) is 17.9 Å². The maximum atomic E-state index is 12.1. The molecule has 0 unspecified atom stereocenters. The van der Waals surface area contributed by atoms with E-state index in [2.05, 4.69) is 15.6 Å². The minimum Gasteiger partial charge on any atom is -0.467 e. The number of hydrogen-bond acceptors (Lipinski definition) is 6. The Bertz CT molecular complexity index is 897. The highest BCUT2D eigenvalue weighted by atomic mass is 32.1. The fraction of sp³-hybridized carbons (Fsp3) is 0.143. The van der Waals surface area contributed by atoms with Crippen molar-refractivity contribution in [3.63, 3.8) is 0 Å². The summed E-state index contributed by atoms with van der Waals surface area (Å²) in [7, 11) is 0. The average Bonchev–Trinajstić information content (AvgIpc) is 3.19. The Labute approximate surface area is 133 Å². The number of hydrogen-bond donors (Lipinski definition) is 2. The zero-order valence-corrected chi connectivity index (χ0v) is 12.6. The lowest BCUT2D eigenvalue weighted by Gasteiger charge is -2.07. The van der Waals surface area contributed by atoms with E-state index >= 15 is 0 Å². The molecule has 3 aromatic heterocycles. The Kier molecular flexibility index (Phi) is 4.20. The number of nitrogens with zero attached hydrogens (tertiary/aromatic N) is 2. The molecule has 9 heteroatoms. The molecule has 0 bridgehead atoms. The fourth-order valence-electron chi connectivity index (χ4n) is 1.95. The molecule has 0 aliphatic carbocycles. The van der Waals surface area contributed by atoms with E-state index in [0.29, 0.717) is 16.0 Å². The Morgan fingerprint density at radius 3 is 3.00 bits per heavy atom. The van der Waals surface area contributed by atoms with E-state index < -0.39 is 11.9 Å². The highest BCUT2D eigenvalue weighted by Gasteiger charge is 2.11. The van der Waals surface area contributed by atoms with E-state index in [4.69, 9.17) is 4.42 Å². The first-order valence-corrected chi connectivity index (χ1v) is 7.54. The Balaban J connectivity index is 1.58. The van der Waals surface area contributed by atoms with Gasteiger partial charge in [0, 0.05) is 0 Å². The van der Waals surface area contributed by atoms with Gasteiger partial charge in [0.15, 0.2) is 0 Å². The predicted molar refractivity (Wildman–Crippen MR) is 83.0 cm³/mol. The van der Waals surface area contributed by atoms with E-state index in [0.717, 1.165) is 4.57 Å². The number of carbonyl (C=O) groups is 2. The average molecular weight is 332 g/mol. The van der Waals surface area contributed by atoms with E-state index in [1.54, 1.807) is 23.6 Å². The van der Waals surface area contributed by atoms with Gasteiger partial charge >= 0.3 is 6.03 Å². The lowest BCUT2D eigenvalue weighted by atomic mass is 10.4. The van der Waals surface area contributed by atoms with Crippen molar-refractivity contribution in [2.75, 3.05) is 0 Å². The molecule has 23 heavy (non-hydrogen) atoms. The van der Waals surface area contributed by atoms with Gasteiger partial charge in [-0.1, -0.05) is 0 Å². The molecular formula is C14H12N4O4S. The highest BCUT2D eigenvalue weighted by molar-refractivity contribution is 7.16. The number of urea groups is 1. The molecule has 0 fully saturated rings. The van der Waals surface area contributed by atoms with Crippen LogP contribution in [-0.4, -0.2) is 21.5 Å². The van der Waals surface area contributed by atoms with Crippen molar-refractivity contribution in [2.45, 2.75) is 13.1 Å². The van der Waals surface area contributed by atoms with Gasteiger partial charge in [-0.25, -0.2) is 9.78 Å². The number of fused-ring (bicyclic) bond motifs is 1. The Morgan fingerprint density at radius 1 is 1.35 bits per heavy atom. The second-order valence-corrected chi connectivity index (χ2v) is 5.52. The molecule has 8 nitrogen and oxygen atoms in total. The smallest absolute Gasteiger partial charge is 0.321 e. The van der Waals surface area contributed by atoms with Gasteiger partial charge in [-0.15, -0.1) is 11.3 Å². The molecule has 3 amide bonds. The third-order valence-corrected chi connectivity index (χ3v) is 3.84. The number of nitrogens with one attached hydrogen (secondary N) is 2. The normalized spacial score (nSPS) is 10.6. The lowest BCUT2D eigenvalue weighted by Crippen LogP contribution is -2.41. The van der Waals surface area contributed by atoms with Crippen molar-refractivity contribution in [2.24, 2.45) is 0 Å². The summed E-state index contributed by atoms with van der Waals surface area (Å²) in [6.45, 7) is -0.125. The SMILES string of the molecule is O=C(Cn1cnc2sccc2c1=O)NC(=O)NCc1ccco1. The van der Waals surface area contributed by atoms with Crippen LogP contribution in [0, 0.1) is 0 Å². The van der Waals surface area contributed by atoms with Gasteiger partial charge < -0.3 is 9.73 Å². The van der Waals surface area contributed by atoms with Gasteiger partial charge in [-0.2, -0.15) is 0 Å². The van der Waals surface area contributed by atoms with Crippen molar-refractivity contribution < 1.29 is 14.0 Å². The van der Waals surface area contributed by atoms with Crippen molar-refractivity contribution in [1.29, 1.82) is 0 Å². The summed E-state index contributed by atoms with van der Waals surface area (Å²) in [5, 5.41) is 6.83. The van der Waals surface area contributed by atoms with Gasteiger partial charge in [0.1, 0.15) is 17.1 Å². The molecule has 0 atom stereocenters. The summed E-state index contributed by atoms with van der Waals surface area (Å²) in [6, 6.07) is 4.38. The molecule has 3 heterocycles. The molecule has 118 valence electrons. The molecule has 0 aliphatic heterocycles. The highest BCUT2D eigenvalue weighted by Crippen LogP contribution is 2.13. The minimum atomic E-state index is -0.663. The van der Waals surface area contributed by atoms with Crippen LogP contribution < -0.4 is 16.2 Å². The maximum absolute atomic E-state index is 12.1. The number of aromatic nitrogens is 2. The summed E-state index contributed by atoms with van der Waals surface area (Å²) in [5.41, 5.74) is -0.317. The van der Waals surface area contributed by atoms with E-state index in [9.17, 15) is 14.4 Å². The van der Waals surface area contributed by atoms with Crippen LogP contribution in [0.3, 0.4) is 0 Å². The molecular weight excluding hydrogens is 320 g/mol. The largest absolute Gasteiger partial charge is 0.467 e. The molecule has 0 aliphatic rings. The molecule has 0 saturated heterocycles. The summed E-state index contributed by atoms with van der Waals surface area (Å²) in [5.74, 6) is -0.0450. The van der Waals surface area contributed by atoms with Crippen LogP contribution >= 0.6 is 11.3 Å². The summed E-state index contributed by atoms with van der Waals surface area (Å²) >= 11 is 1.35. The van der Waals surface area contributed by atoms with Crippen LogP contribution in [0.4, 0.5) is 4.79 Å². The third-order valence-electron chi connectivity index (χ3n) is 3.02. The fourth-order valence-corrected chi connectivity index (χ4v) is 2.67.